The van der Waals surface area contributed by atoms with Gasteiger partial charge in [0.2, 0.25) is 5.91 Å². The zero-order valence-corrected chi connectivity index (χ0v) is 16.0. The number of rotatable bonds is 4. The fraction of sp³-hybridized carbons (Fsp3) is 0.889. The second-order valence-electron chi connectivity index (χ2n) is 8.53. The summed E-state index contributed by atoms with van der Waals surface area (Å²) in [6.45, 7) is 14.2. The number of hydrogen-bond acceptors (Lipinski definition) is 3. The number of nitrogens with zero attached hydrogens (tertiary/aromatic N) is 1. The third-order valence-corrected chi connectivity index (χ3v) is 4.86. The van der Waals surface area contributed by atoms with Gasteiger partial charge in [0.25, 0.3) is 0 Å². The quantitative estimate of drug-likeness (QED) is 0.538. The molecule has 24 heavy (non-hydrogen) atoms. The highest BCUT2D eigenvalue weighted by Crippen LogP contribution is 2.51. The van der Waals surface area contributed by atoms with Gasteiger partial charge in [0.15, 0.2) is 5.96 Å². The average molecular weight is 338 g/mol. The van der Waals surface area contributed by atoms with Crippen molar-refractivity contribution in [3.05, 3.63) is 0 Å². The van der Waals surface area contributed by atoms with Crippen LogP contribution < -0.4 is 16.0 Å². The van der Waals surface area contributed by atoms with E-state index in [0.717, 1.165) is 19.6 Å². The maximum absolute atomic E-state index is 12.0. The molecule has 1 aliphatic heterocycles. The van der Waals surface area contributed by atoms with Gasteiger partial charge in [-0.2, -0.15) is 0 Å². The Hall–Kier alpha value is -1.30. The van der Waals surface area contributed by atoms with Crippen LogP contribution in [0.15, 0.2) is 4.99 Å². The molecule has 6 nitrogen and oxygen atoms in total. The van der Waals surface area contributed by atoms with E-state index in [1.54, 1.807) is 0 Å². The van der Waals surface area contributed by atoms with Crippen molar-refractivity contribution in [3.8, 4) is 0 Å². The van der Waals surface area contributed by atoms with Gasteiger partial charge in [-0.15, -0.1) is 0 Å². The van der Waals surface area contributed by atoms with Crippen LogP contribution in [0, 0.1) is 11.3 Å². The van der Waals surface area contributed by atoms with Crippen LogP contribution >= 0.6 is 0 Å². The van der Waals surface area contributed by atoms with Crippen LogP contribution in [0.5, 0.6) is 0 Å². The standard InChI is InChI=1S/C18H34N4O2/c1-7-19-16(20-11-13(23)22-17(2,3)4)21-14-12-9-8-10-24-15(12)18(14,5)6/h12,14-15H,7-11H2,1-6H3,(H,22,23)(H2,19,20,21). The first-order valence-corrected chi connectivity index (χ1v) is 9.12. The molecule has 0 aromatic heterocycles. The monoisotopic (exact) mass is 338 g/mol. The Morgan fingerprint density at radius 1 is 1.33 bits per heavy atom. The third-order valence-electron chi connectivity index (χ3n) is 4.86. The van der Waals surface area contributed by atoms with Gasteiger partial charge in [0.1, 0.15) is 6.54 Å². The van der Waals surface area contributed by atoms with E-state index in [1.165, 1.54) is 6.42 Å². The number of aliphatic imine (C=N–C) groups is 1. The molecule has 2 rings (SSSR count). The molecule has 1 amide bonds. The number of carbonyl (C=O) groups is 1. The van der Waals surface area contributed by atoms with Crippen molar-refractivity contribution in [2.45, 2.75) is 72.1 Å². The Balaban J connectivity index is 1.97. The molecule has 1 saturated heterocycles. The number of fused-ring (bicyclic) bond motifs is 1. The molecule has 0 spiro atoms. The molecule has 0 aromatic rings. The predicted molar refractivity (Wildman–Crippen MR) is 97.0 cm³/mol. The summed E-state index contributed by atoms with van der Waals surface area (Å²) >= 11 is 0. The predicted octanol–water partition coefficient (Wildman–Crippen LogP) is 1.66. The van der Waals surface area contributed by atoms with Crippen LogP contribution in [0.4, 0.5) is 0 Å². The molecule has 3 unspecified atom stereocenters. The minimum absolute atomic E-state index is 0.0635. The number of amides is 1. The molecule has 3 atom stereocenters. The van der Waals surface area contributed by atoms with Crippen LogP contribution in [0.1, 0.15) is 54.4 Å². The zero-order chi connectivity index (χ0) is 18.0. The van der Waals surface area contributed by atoms with Crippen molar-refractivity contribution >= 4 is 11.9 Å². The molecule has 1 saturated carbocycles. The molecule has 1 heterocycles. The molecule has 2 fully saturated rings. The summed E-state index contributed by atoms with van der Waals surface area (Å²) in [5.74, 6) is 1.18. The molecule has 0 aromatic carbocycles. The lowest BCUT2D eigenvalue weighted by Crippen LogP contribution is -2.71. The Bertz CT molecular complexity index is 482. The number of ether oxygens (including phenoxy) is 1. The van der Waals surface area contributed by atoms with E-state index in [4.69, 9.17) is 4.74 Å². The van der Waals surface area contributed by atoms with Crippen LogP contribution in [0.25, 0.3) is 0 Å². The maximum Gasteiger partial charge on any atom is 0.242 e. The average Bonchev–Trinajstić information content (AvgIpc) is 2.48. The van der Waals surface area contributed by atoms with Crippen LogP contribution in [-0.2, 0) is 9.53 Å². The molecule has 1 aliphatic carbocycles. The van der Waals surface area contributed by atoms with Gasteiger partial charge in [-0.1, -0.05) is 13.8 Å². The van der Waals surface area contributed by atoms with Gasteiger partial charge in [-0.25, -0.2) is 4.99 Å². The molecular weight excluding hydrogens is 304 g/mol. The second-order valence-corrected chi connectivity index (χ2v) is 8.53. The summed E-state index contributed by atoms with van der Waals surface area (Å²) in [4.78, 5) is 16.5. The van der Waals surface area contributed by atoms with Gasteiger partial charge in [0, 0.05) is 36.1 Å². The van der Waals surface area contributed by atoms with E-state index in [2.05, 4.69) is 34.8 Å². The topological polar surface area (TPSA) is 74.8 Å². The van der Waals surface area contributed by atoms with Crippen molar-refractivity contribution in [2.75, 3.05) is 19.7 Å². The summed E-state index contributed by atoms with van der Waals surface area (Å²) in [5, 5.41) is 9.73. The third kappa shape index (κ3) is 4.41. The first-order chi connectivity index (χ1) is 11.1. The second kappa shape index (κ2) is 7.30. The van der Waals surface area contributed by atoms with Crippen molar-refractivity contribution in [1.29, 1.82) is 0 Å². The molecule has 138 valence electrons. The molecule has 6 heteroatoms. The number of guanidine groups is 1. The van der Waals surface area contributed by atoms with Gasteiger partial charge in [-0.05, 0) is 40.5 Å². The van der Waals surface area contributed by atoms with E-state index in [1.807, 2.05) is 27.7 Å². The lowest BCUT2D eigenvalue weighted by Gasteiger charge is -2.60. The summed E-state index contributed by atoms with van der Waals surface area (Å²) in [6.07, 6.45) is 2.64. The minimum atomic E-state index is -0.235. The molecule has 0 bridgehead atoms. The van der Waals surface area contributed by atoms with Gasteiger partial charge >= 0.3 is 0 Å². The Labute approximate surface area is 146 Å². The number of nitrogens with one attached hydrogen (secondary N) is 3. The van der Waals surface area contributed by atoms with Gasteiger partial charge < -0.3 is 20.7 Å². The number of carbonyl (C=O) groups excluding carboxylic acids is 1. The van der Waals surface area contributed by atoms with Crippen molar-refractivity contribution in [3.63, 3.8) is 0 Å². The highest BCUT2D eigenvalue weighted by atomic mass is 16.5. The Morgan fingerprint density at radius 2 is 2.04 bits per heavy atom. The molecular formula is C18H34N4O2. The van der Waals surface area contributed by atoms with E-state index in [9.17, 15) is 4.79 Å². The lowest BCUT2D eigenvalue weighted by atomic mass is 9.55. The summed E-state index contributed by atoms with van der Waals surface area (Å²) in [7, 11) is 0. The largest absolute Gasteiger partial charge is 0.377 e. The summed E-state index contributed by atoms with van der Waals surface area (Å²) in [6, 6.07) is 0.325. The first-order valence-electron chi connectivity index (χ1n) is 9.12. The molecule has 3 N–H and O–H groups in total. The van der Waals surface area contributed by atoms with E-state index in [-0.39, 0.29) is 23.4 Å². The van der Waals surface area contributed by atoms with Crippen molar-refractivity contribution < 1.29 is 9.53 Å². The normalized spacial score (nSPS) is 29.2. The molecule has 2 aliphatic rings. The smallest absolute Gasteiger partial charge is 0.242 e. The summed E-state index contributed by atoms with van der Waals surface area (Å²) in [5.41, 5.74) is -0.157. The lowest BCUT2D eigenvalue weighted by molar-refractivity contribution is -0.188. The zero-order valence-electron chi connectivity index (χ0n) is 16.0. The molecule has 0 radical (unpaired) electrons. The summed E-state index contributed by atoms with van der Waals surface area (Å²) < 4.78 is 5.95. The highest BCUT2D eigenvalue weighted by Gasteiger charge is 2.58. The van der Waals surface area contributed by atoms with Crippen molar-refractivity contribution in [2.24, 2.45) is 16.3 Å². The van der Waals surface area contributed by atoms with E-state index in [0.29, 0.717) is 24.0 Å². The fourth-order valence-corrected chi connectivity index (χ4v) is 3.89. The van der Waals surface area contributed by atoms with Crippen LogP contribution in [0.3, 0.4) is 0 Å². The fourth-order valence-electron chi connectivity index (χ4n) is 3.89. The SMILES string of the molecule is CCNC(=NCC(=O)NC(C)(C)C)NC1C2CCCOC2C1(C)C. The Kier molecular flexibility index (Phi) is 5.78. The maximum atomic E-state index is 12.0. The van der Waals surface area contributed by atoms with Crippen LogP contribution in [0.2, 0.25) is 0 Å². The van der Waals surface area contributed by atoms with E-state index >= 15 is 0 Å². The Morgan fingerprint density at radius 3 is 2.67 bits per heavy atom. The van der Waals surface area contributed by atoms with Crippen LogP contribution in [-0.4, -0.2) is 49.2 Å². The first kappa shape index (κ1) is 19.0. The number of hydrogen-bond donors (Lipinski definition) is 3. The minimum Gasteiger partial charge on any atom is -0.377 e. The van der Waals surface area contributed by atoms with Gasteiger partial charge in [-0.3, -0.25) is 4.79 Å². The van der Waals surface area contributed by atoms with Gasteiger partial charge in [0.05, 0.1) is 6.10 Å². The van der Waals surface area contributed by atoms with Crippen molar-refractivity contribution in [1.82, 2.24) is 16.0 Å². The highest BCUT2D eigenvalue weighted by molar-refractivity contribution is 5.85. The van der Waals surface area contributed by atoms with E-state index < -0.39 is 0 Å².